The zero-order valence-electron chi connectivity index (χ0n) is 8.87. The molecule has 0 spiro atoms. The highest BCUT2D eigenvalue weighted by Gasteiger charge is 2.18. The zero-order chi connectivity index (χ0) is 11.1. The number of benzene rings is 1. The topological polar surface area (TPSA) is 51.3 Å². The maximum absolute atomic E-state index is 11.4. The number of fused-ring (bicyclic) bond motifs is 3. The number of hydrogen-bond donors (Lipinski definition) is 1. The minimum Gasteiger partial charge on any atom is -0.493 e. The first-order chi connectivity index (χ1) is 7.79. The number of nitrogens with one attached hydrogen (secondary N) is 1. The molecule has 4 heteroatoms. The second-order valence-corrected chi connectivity index (χ2v) is 3.78. The molecule has 0 radical (unpaired) electrons. The monoisotopic (exact) mass is 217 g/mol. The standard InChI is InChI=1S/C12H11NO3/c1-15-12(14)9-6-7-2-3-10-8(4-5-16-10)11(7)13-9/h2-3,6,13H,4-5H2,1H3. The third kappa shape index (κ3) is 1.19. The van der Waals surface area contributed by atoms with Gasteiger partial charge in [-0.3, -0.25) is 0 Å². The lowest BCUT2D eigenvalue weighted by atomic mass is 10.1. The van der Waals surface area contributed by atoms with Gasteiger partial charge in [0.2, 0.25) is 0 Å². The molecule has 1 aliphatic rings. The number of carbonyl (C=O) groups excluding carboxylic acids is 1. The molecule has 1 aromatic carbocycles. The summed E-state index contributed by atoms with van der Waals surface area (Å²) in [7, 11) is 1.38. The highest BCUT2D eigenvalue weighted by molar-refractivity contribution is 5.96. The van der Waals surface area contributed by atoms with Gasteiger partial charge < -0.3 is 14.5 Å². The van der Waals surface area contributed by atoms with E-state index in [-0.39, 0.29) is 5.97 Å². The molecule has 3 rings (SSSR count). The van der Waals surface area contributed by atoms with Crippen molar-refractivity contribution < 1.29 is 14.3 Å². The van der Waals surface area contributed by atoms with Gasteiger partial charge in [-0.1, -0.05) is 0 Å². The van der Waals surface area contributed by atoms with E-state index < -0.39 is 0 Å². The Bertz CT molecular complexity index is 571. The fourth-order valence-corrected chi connectivity index (χ4v) is 2.11. The third-order valence-electron chi connectivity index (χ3n) is 2.88. The number of H-pyrrole nitrogens is 1. The fourth-order valence-electron chi connectivity index (χ4n) is 2.11. The molecule has 0 aliphatic carbocycles. The van der Waals surface area contributed by atoms with Gasteiger partial charge in [-0.05, 0) is 18.2 Å². The molecule has 2 aromatic rings. The van der Waals surface area contributed by atoms with E-state index in [4.69, 9.17) is 4.74 Å². The molecule has 1 N–H and O–H groups in total. The molecule has 0 fully saturated rings. The van der Waals surface area contributed by atoms with Gasteiger partial charge in [0.25, 0.3) is 0 Å². The first-order valence-electron chi connectivity index (χ1n) is 5.15. The maximum Gasteiger partial charge on any atom is 0.354 e. The number of rotatable bonds is 1. The van der Waals surface area contributed by atoms with Crippen molar-refractivity contribution in [2.45, 2.75) is 6.42 Å². The summed E-state index contributed by atoms with van der Waals surface area (Å²) in [6.45, 7) is 0.709. The van der Waals surface area contributed by atoms with Crippen LogP contribution in [-0.4, -0.2) is 24.7 Å². The first-order valence-corrected chi connectivity index (χ1v) is 5.15. The Hall–Kier alpha value is -1.97. The smallest absolute Gasteiger partial charge is 0.354 e. The van der Waals surface area contributed by atoms with Crippen molar-refractivity contribution in [2.24, 2.45) is 0 Å². The van der Waals surface area contributed by atoms with Gasteiger partial charge >= 0.3 is 5.97 Å². The van der Waals surface area contributed by atoms with E-state index in [1.54, 1.807) is 6.07 Å². The van der Waals surface area contributed by atoms with E-state index >= 15 is 0 Å². The van der Waals surface area contributed by atoms with Crippen LogP contribution < -0.4 is 4.74 Å². The normalized spacial score (nSPS) is 13.6. The van der Waals surface area contributed by atoms with E-state index in [1.165, 1.54) is 7.11 Å². The Morgan fingerprint density at radius 1 is 1.50 bits per heavy atom. The maximum atomic E-state index is 11.4. The highest BCUT2D eigenvalue weighted by atomic mass is 16.5. The quantitative estimate of drug-likeness (QED) is 0.742. The van der Waals surface area contributed by atoms with Crippen LogP contribution in [0.25, 0.3) is 10.9 Å². The summed E-state index contributed by atoms with van der Waals surface area (Å²) in [6, 6.07) is 5.70. The summed E-state index contributed by atoms with van der Waals surface area (Å²) in [5.74, 6) is 0.564. The number of hydrogen-bond acceptors (Lipinski definition) is 3. The summed E-state index contributed by atoms with van der Waals surface area (Å²) in [5.41, 5.74) is 2.61. The predicted octanol–water partition coefficient (Wildman–Crippen LogP) is 1.89. The summed E-state index contributed by atoms with van der Waals surface area (Å²) < 4.78 is 10.2. The predicted molar refractivity (Wildman–Crippen MR) is 58.8 cm³/mol. The van der Waals surface area contributed by atoms with E-state index in [0.29, 0.717) is 12.3 Å². The molecule has 2 heterocycles. The molecule has 1 aliphatic heterocycles. The van der Waals surface area contributed by atoms with Gasteiger partial charge in [0.05, 0.1) is 19.2 Å². The third-order valence-corrected chi connectivity index (χ3v) is 2.88. The molecule has 0 amide bonds. The van der Waals surface area contributed by atoms with Crippen molar-refractivity contribution in [1.29, 1.82) is 0 Å². The van der Waals surface area contributed by atoms with Gasteiger partial charge in [0, 0.05) is 17.4 Å². The summed E-state index contributed by atoms with van der Waals surface area (Å²) in [5, 5.41) is 1.02. The molecular formula is C12H11NO3. The van der Waals surface area contributed by atoms with Crippen LogP contribution >= 0.6 is 0 Å². The molecule has 0 unspecified atom stereocenters. The van der Waals surface area contributed by atoms with Gasteiger partial charge in [-0.25, -0.2) is 4.79 Å². The van der Waals surface area contributed by atoms with Crippen LogP contribution in [0.1, 0.15) is 16.1 Å². The van der Waals surface area contributed by atoms with Crippen LogP contribution in [-0.2, 0) is 11.2 Å². The van der Waals surface area contributed by atoms with E-state index in [1.807, 2.05) is 12.1 Å². The fraction of sp³-hybridized carbons (Fsp3) is 0.250. The van der Waals surface area contributed by atoms with E-state index in [9.17, 15) is 4.79 Å². The number of aromatic nitrogens is 1. The minimum absolute atomic E-state index is 0.344. The molecule has 0 bridgehead atoms. The lowest BCUT2D eigenvalue weighted by Crippen LogP contribution is -2.00. The molecule has 16 heavy (non-hydrogen) atoms. The number of methoxy groups -OCH3 is 1. The molecule has 0 atom stereocenters. The Morgan fingerprint density at radius 3 is 3.19 bits per heavy atom. The molecule has 0 saturated carbocycles. The van der Waals surface area contributed by atoms with Crippen LogP contribution in [0, 0.1) is 0 Å². The number of ether oxygens (including phenoxy) is 2. The summed E-state index contributed by atoms with van der Waals surface area (Å²) in [4.78, 5) is 14.5. The highest BCUT2D eigenvalue weighted by Crippen LogP contribution is 2.32. The second kappa shape index (κ2) is 3.27. The van der Waals surface area contributed by atoms with Gasteiger partial charge in [0.15, 0.2) is 0 Å². The average Bonchev–Trinajstić information content (AvgIpc) is 2.92. The van der Waals surface area contributed by atoms with Crippen molar-refractivity contribution in [3.63, 3.8) is 0 Å². The molecule has 4 nitrogen and oxygen atoms in total. The molecule has 82 valence electrons. The van der Waals surface area contributed by atoms with Gasteiger partial charge in [0.1, 0.15) is 11.4 Å². The minimum atomic E-state index is -0.344. The summed E-state index contributed by atoms with van der Waals surface area (Å²) in [6.07, 6.45) is 0.883. The Balaban J connectivity index is 2.21. The van der Waals surface area contributed by atoms with Crippen molar-refractivity contribution >= 4 is 16.9 Å². The second-order valence-electron chi connectivity index (χ2n) is 3.78. The van der Waals surface area contributed by atoms with Crippen molar-refractivity contribution in [1.82, 2.24) is 4.98 Å². The Labute approximate surface area is 92.2 Å². The lowest BCUT2D eigenvalue weighted by molar-refractivity contribution is 0.0595. The van der Waals surface area contributed by atoms with E-state index in [2.05, 4.69) is 9.72 Å². The van der Waals surface area contributed by atoms with Crippen LogP contribution in [0.5, 0.6) is 5.75 Å². The van der Waals surface area contributed by atoms with Gasteiger partial charge in [-0.2, -0.15) is 0 Å². The number of esters is 1. The average molecular weight is 217 g/mol. The van der Waals surface area contributed by atoms with Crippen LogP contribution in [0.4, 0.5) is 0 Å². The van der Waals surface area contributed by atoms with Crippen molar-refractivity contribution in [2.75, 3.05) is 13.7 Å². The SMILES string of the molecule is COC(=O)c1cc2ccc3c(c2[nH]1)CCO3. The first kappa shape index (κ1) is 9.27. The van der Waals surface area contributed by atoms with Crippen molar-refractivity contribution in [3.8, 4) is 5.75 Å². The molecule has 1 aromatic heterocycles. The number of aromatic amines is 1. The number of carbonyl (C=O) groups is 1. The van der Waals surface area contributed by atoms with Crippen LogP contribution in [0.3, 0.4) is 0 Å². The van der Waals surface area contributed by atoms with E-state index in [0.717, 1.165) is 28.6 Å². The molecule has 0 saturated heterocycles. The zero-order valence-corrected chi connectivity index (χ0v) is 8.87. The summed E-state index contributed by atoms with van der Waals surface area (Å²) >= 11 is 0. The Kier molecular flexibility index (Phi) is 1.89. The Morgan fingerprint density at radius 2 is 2.38 bits per heavy atom. The largest absolute Gasteiger partial charge is 0.493 e. The lowest BCUT2D eigenvalue weighted by Gasteiger charge is -1.98. The molecular weight excluding hydrogens is 206 g/mol. The van der Waals surface area contributed by atoms with Gasteiger partial charge in [-0.15, -0.1) is 0 Å². The van der Waals surface area contributed by atoms with Crippen LogP contribution in [0.15, 0.2) is 18.2 Å². The van der Waals surface area contributed by atoms with Crippen LogP contribution in [0.2, 0.25) is 0 Å². The van der Waals surface area contributed by atoms with Crippen molar-refractivity contribution in [3.05, 3.63) is 29.5 Å².